The lowest BCUT2D eigenvalue weighted by molar-refractivity contribution is 1.27. The van der Waals surface area contributed by atoms with Crippen molar-refractivity contribution in [3.63, 3.8) is 0 Å². The Morgan fingerprint density at radius 1 is 0.302 bits per heavy atom. The van der Waals surface area contributed by atoms with Crippen molar-refractivity contribution < 1.29 is 0 Å². The molecule has 4 heterocycles. The first-order valence-electron chi connectivity index (χ1n) is 18.4. The molecular formula is C50H29N3. The average molecular weight is 672 g/mol. The Bertz CT molecular complexity index is 3570. The van der Waals surface area contributed by atoms with Crippen molar-refractivity contribution in [2.75, 3.05) is 4.90 Å². The molecule has 0 saturated carbocycles. The molecule has 0 spiro atoms. The molecule has 0 saturated heterocycles. The summed E-state index contributed by atoms with van der Waals surface area (Å²) in [6.07, 6.45) is 0. The van der Waals surface area contributed by atoms with Gasteiger partial charge in [-0.25, -0.2) is 0 Å². The van der Waals surface area contributed by atoms with Crippen molar-refractivity contribution in [2.45, 2.75) is 0 Å². The van der Waals surface area contributed by atoms with Gasteiger partial charge in [0, 0.05) is 54.5 Å². The van der Waals surface area contributed by atoms with Crippen LogP contribution in [-0.2, 0) is 0 Å². The molecule has 0 aliphatic carbocycles. The second-order valence-electron chi connectivity index (χ2n) is 14.5. The molecule has 0 aliphatic rings. The number of anilines is 3. The van der Waals surface area contributed by atoms with Gasteiger partial charge in [-0.1, -0.05) is 121 Å². The Labute approximate surface area is 303 Å². The van der Waals surface area contributed by atoms with Crippen LogP contribution in [0.1, 0.15) is 0 Å². The third-order valence-electron chi connectivity index (χ3n) is 11.9. The fourth-order valence-corrected chi connectivity index (χ4v) is 9.73. The smallest absolute Gasteiger partial charge is 0.0789 e. The second kappa shape index (κ2) is 9.81. The molecule has 3 nitrogen and oxygen atoms in total. The predicted molar refractivity (Wildman–Crippen MR) is 225 cm³/mol. The molecule has 9 aromatic carbocycles. The molecule has 0 unspecified atom stereocenters. The largest absolute Gasteiger partial charge is 0.308 e. The van der Waals surface area contributed by atoms with Crippen LogP contribution in [-0.4, -0.2) is 8.80 Å². The van der Waals surface area contributed by atoms with Gasteiger partial charge in [-0.3, -0.25) is 0 Å². The standard InChI is InChI=1S/C50H29N3/c1-3-16-33(17-4-1)51(34-18-5-2-6-19-34)46-27-32-15-9-10-20-35(32)47-39-24-12-23-38-42-28-44-41(29-45(42)53(49(38)39)50(46)47)37-22-11-21-36-40-25-30-13-7-8-14-31(30)26-43(40)52(44)48(36)37/h1-29H. The minimum absolute atomic E-state index is 1.13. The third-order valence-corrected chi connectivity index (χ3v) is 11.9. The summed E-state index contributed by atoms with van der Waals surface area (Å²) in [4.78, 5) is 2.44. The third kappa shape index (κ3) is 3.44. The molecule has 0 bridgehead atoms. The number of fused-ring (bicyclic) bond motifs is 15. The summed E-state index contributed by atoms with van der Waals surface area (Å²) in [6, 6.07) is 65.1. The van der Waals surface area contributed by atoms with E-state index in [1.54, 1.807) is 0 Å². The Hall–Kier alpha value is -7.10. The van der Waals surface area contributed by atoms with Crippen molar-refractivity contribution in [3.05, 3.63) is 176 Å². The van der Waals surface area contributed by atoms with Gasteiger partial charge in [0.2, 0.25) is 0 Å². The van der Waals surface area contributed by atoms with E-state index in [1.807, 2.05) is 0 Å². The number of rotatable bonds is 3. The fourth-order valence-electron chi connectivity index (χ4n) is 9.73. The monoisotopic (exact) mass is 671 g/mol. The van der Waals surface area contributed by atoms with Crippen LogP contribution in [0.3, 0.4) is 0 Å². The first kappa shape index (κ1) is 27.6. The molecular weight excluding hydrogens is 643 g/mol. The summed E-state index contributed by atoms with van der Waals surface area (Å²) in [5.41, 5.74) is 11.0. The van der Waals surface area contributed by atoms with Crippen molar-refractivity contribution in [2.24, 2.45) is 0 Å². The number of hydrogen-bond acceptors (Lipinski definition) is 1. The molecule has 0 N–H and O–H groups in total. The maximum absolute atomic E-state index is 2.58. The van der Waals surface area contributed by atoms with Crippen LogP contribution in [0, 0.1) is 0 Å². The summed E-state index contributed by atoms with van der Waals surface area (Å²) < 4.78 is 5.11. The highest BCUT2D eigenvalue weighted by Gasteiger charge is 2.26. The molecule has 0 fully saturated rings. The molecule has 0 amide bonds. The van der Waals surface area contributed by atoms with E-state index < -0.39 is 0 Å². The molecule has 53 heavy (non-hydrogen) atoms. The fraction of sp³-hybridized carbons (Fsp3) is 0. The van der Waals surface area contributed by atoms with Gasteiger partial charge in [-0.05, 0) is 76.1 Å². The Morgan fingerprint density at radius 2 is 0.774 bits per heavy atom. The maximum Gasteiger partial charge on any atom is 0.0789 e. The lowest BCUT2D eigenvalue weighted by Crippen LogP contribution is -2.11. The van der Waals surface area contributed by atoms with Crippen LogP contribution in [0.2, 0.25) is 0 Å². The highest BCUT2D eigenvalue weighted by atomic mass is 15.2. The number of nitrogens with zero attached hydrogens (tertiary/aromatic N) is 3. The average Bonchev–Trinajstić information content (AvgIpc) is 3.94. The quantitative estimate of drug-likeness (QED) is 0.182. The minimum atomic E-state index is 1.13. The molecule has 3 heteroatoms. The van der Waals surface area contributed by atoms with Crippen molar-refractivity contribution in [1.29, 1.82) is 0 Å². The number of benzene rings is 9. The van der Waals surface area contributed by atoms with Gasteiger partial charge in [0.25, 0.3) is 0 Å². The van der Waals surface area contributed by atoms with Gasteiger partial charge in [-0.2, -0.15) is 0 Å². The van der Waals surface area contributed by atoms with E-state index in [-0.39, 0.29) is 0 Å². The summed E-state index contributed by atoms with van der Waals surface area (Å²) in [5.74, 6) is 0. The first-order chi connectivity index (χ1) is 26.3. The van der Waals surface area contributed by atoms with Crippen LogP contribution in [0.4, 0.5) is 17.1 Å². The lowest BCUT2D eigenvalue weighted by atomic mass is 10.00. The van der Waals surface area contributed by atoms with E-state index in [2.05, 4.69) is 190 Å². The minimum Gasteiger partial charge on any atom is -0.308 e. The van der Waals surface area contributed by atoms with Gasteiger partial charge in [-0.15, -0.1) is 0 Å². The van der Waals surface area contributed by atoms with Gasteiger partial charge in [0.15, 0.2) is 0 Å². The Morgan fingerprint density at radius 3 is 1.43 bits per heavy atom. The molecule has 0 radical (unpaired) electrons. The molecule has 244 valence electrons. The van der Waals surface area contributed by atoms with E-state index in [4.69, 9.17) is 0 Å². The van der Waals surface area contributed by atoms with Crippen molar-refractivity contribution >= 4 is 115 Å². The van der Waals surface area contributed by atoms with Crippen LogP contribution in [0.5, 0.6) is 0 Å². The zero-order valence-electron chi connectivity index (χ0n) is 28.6. The van der Waals surface area contributed by atoms with Gasteiger partial charge in [0.05, 0.1) is 38.8 Å². The molecule has 13 aromatic rings. The topological polar surface area (TPSA) is 12.1 Å². The summed E-state index contributed by atoms with van der Waals surface area (Å²) in [5, 5.41) is 15.4. The van der Waals surface area contributed by atoms with Crippen molar-refractivity contribution in [3.8, 4) is 0 Å². The summed E-state index contributed by atoms with van der Waals surface area (Å²) in [7, 11) is 0. The number of aromatic nitrogens is 2. The number of para-hydroxylation sites is 4. The zero-order valence-corrected chi connectivity index (χ0v) is 28.6. The molecule has 4 aromatic heterocycles. The van der Waals surface area contributed by atoms with Crippen LogP contribution in [0.25, 0.3) is 97.7 Å². The molecule has 0 atom stereocenters. The SMILES string of the molecule is c1ccc(N(c2ccccc2)c2cc3ccccc3c3c4cccc5c6cc7c(cc6n(c23)c54)c2cccc3c4cc5ccccc5cc4n7c32)cc1. The highest BCUT2D eigenvalue weighted by Crippen LogP contribution is 2.50. The van der Waals surface area contributed by atoms with Gasteiger partial charge >= 0.3 is 0 Å². The van der Waals surface area contributed by atoms with Crippen molar-refractivity contribution in [1.82, 2.24) is 8.80 Å². The van der Waals surface area contributed by atoms with E-state index in [1.165, 1.54) is 97.7 Å². The van der Waals surface area contributed by atoms with E-state index in [9.17, 15) is 0 Å². The van der Waals surface area contributed by atoms with Crippen LogP contribution >= 0.6 is 0 Å². The summed E-state index contributed by atoms with van der Waals surface area (Å²) in [6.45, 7) is 0. The molecule has 13 rings (SSSR count). The van der Waals surface area contributed by atoms with Crippen LogP contribution in [0.15, 0.2) is 176 Å². The van der Waals surface area contributed by atoms with Gasteiger partial charge < -0.3 is 13.7 Å². The maximum atomic E-state index is 2.58. The van der Waals surface area contributed by atoms with E-state index in [0.717, 1.165) is 17.1 Å². The second-order valence-corrected chi connectivity index (χ2v) is 14.5. The normalized spacial score (nSPS) is 12.5. The van der Waals surface area contributed by atoms with E-state index >= 15 is 0 Å². The van der Waals surface area contributed by atoms with E-state index in [0.29, 0.717) is 0 Å². The van der Waals surface area contributed by atoms with Crippen LogP contribution < -0.4 is 4.90 Å². The zero-order chi connectivity index (χ0) is 34.4. The first-order valence-corrected chi connectivity index (χ1v) is 18.4. The Kier molecular flexibility index (Phi) is 5.11. The predicted octanol–water partition coefficient (Wildman–Crippen LogP) is 13.8. The lowest BCUT2D eigenvalue weighted by Gasteiger charge is -2.27. The molecule has 0 aliphatic heterocycles. The van der Waals surface area contributed by atoms with Gasteiger partial charge in [0.1, 0.15) is 0 Å². The number of hydrogen-bond donors (Lipinski definition) is 0. The highest BCUT2D eigenvalue weighted by molar-refractivity contribution is 6.33. The Balaban J connectivity index is 1.24. The summed E-state index contributed by atoms with van der Waals surface area (Å²) >= 11 is 0.